The predicted octanol–water partition coefficient (Wildman–Crippen LogP) is 1.14. The summed E-state index contributed by atoms with van der Waals surface area (Å²) in [6.07, 6.45) is -0.00256. The molecule has 0 radical (unpaired) electrons. The number of carbonyl (C=O) groups excluding carboxylic acids is 1. The molecule has 1 heterocycles. The van der Waals surface area contributed by atoms with Crippen LogP contribution in [0.2, 0.25) is 0 Å². The Bertz CT molecular complexity index is 459. The van der Waals surface area contributed by atoms with E-state index in [9.17, 15) is 9.59 Å². The fourth-order valence-electron chi connectivity index (χ4n) is 1.61. The first-order valence-electron chi connectivity index (χ1n) is 6.54. The van der Waals surface area contributed by atoms with Crippen LogP contribution in [0.15, 0.2) is 12.1 Å². The maximum Gasteiger partial charge on any atom is 0.305 e. The summed E-state index contributed by atoms with van der Waals surface area (Å²) in [4.78, 5) is 22.3. The fourth-order valence-corrected chi connectivity index (χ4v) is 1.61. The summed E-state index contributed by atoms with van der Waals surface area (Å²) in [5.41, 5.74) is 0.233. The van der Waals surface area contributed by atoms with E-state index in [2.05, 4.69) is 20.8 Å². The van der Waals surface area contributed by atoms with E-state index in [0.717, 1.165) is 0 Å². The van der Waals surface area contributed by atoms with Crippen molar-refractivity contribution < 1.29 is 14.7 Å². The second kappa shape index (κ2) is 7.42. The largest absolute Gasteiger partial charge is 0.481 e. The van der Waals surface area contributed by atoms with Crippen molar-refractivity contribution in [2.45, 2.75) is 33.2 Å². The van der Waals surface area contributed by atoms with Gasteiger partial charge in [0.1, 0.15) is 5.82 Å². The summed E-state index contributed by atoms with van der Waals surface area (Å²) < 4.78 is 0. The molecule has 1 unspecified atom stereocenters. The number of carboxylic acids is 1. The highest BCUT2D eigenvalue weighted by molar-refractivity contribution is 5.92. The molecule has 1 aromatic heterocycles. The Balaban J connectivity index is 2.72. The molecule has 0 spiro atoms. The van der Waals surface area contributed by atoms with Gasteiger partial charge in [0.2, 0.25) is 0 Å². The zero-order chi connectivity index (χ0) is 15.1. The first kappa shape index (κ1) is 15.9. The van der Waals surface area contributed by atoms with Gasteiger partial charge in [0.05, 0.1) is 6.42 Å². The van der Waals surface area contributed by atoms with Crippen molar-refractivity contribution in [1.29, 1.82) is 0 Å². The van der Waals surface area contributed by atoms with Gasteiger partial charge in [0, 0.05) is 12.6 Å². The van der Waals surface area contributed by atoms with Crippen LogP contribution in [0.5, 0.6) is 0 Å². The van der Waals surface area contributed by atoms with Crippen molar-refractivity contribution in [3.05, 3.63) is 17.8 Å². The molecule has 0 aliphatic rings. The number of carbonyl (C=O) groups is 2. The molecule has 1 aromatic rings. The number of nitrogens with one attached hydrogen (secondary N) is 2. The van der Waals surface area contributed by atoms with Gasteiger partial charge in [-0.25, -0.2) is 0 Å². The fraction of sp³-hybridized carbons (Fsp3) is 0.538. The molecule has 110 valence electrons. The van der Waals surface area contributed by atoms with Crippen LogP contribution in [0.25, 0.3) is 0 Å². The molecule has 7 heteroatoms. The van der Waals surface area contributed by atoms with Crippen molar-refractivity contribution >= 4 is 17.7 Å². The average Bonchev–Trinajstić information content (AvgIpc) is 2.38. The molecule has 1 amide bonds. The smallest absolute Gasteiger partial charge is 0.305 e. The van der Waals surface area contributed by atoms with Gasteiger partial charge in [-0.3, -0.25) is 9.59 Å². The van der Waals surface area contributed by atoms with Crippen molar-refractivity contribution in [3.63, 3.8) is 0 Å². The Kier molecular flexibility index (Phi) is 5.89. The molecule has 7 nitrogen and oxygen atoms in total. The van der Waals surface area contributed by atoms with E-state index >= 15 is 0 Å². The Morgan fingerprint density at radius 1 is 1.30 bits per heavy atom. The molecular formula is C13H20N4O3. The molecule has 1 atom stereocenters. The van der Waals surface area contributed by atoms with Crippen LogP contribution in [0, 0.1) is 5.92 Å². The minimum atomic E-state index is -0.872. The van der Waals surface area contributed by atoms with E-state index < -0.39 is 5.97 Å². The molecule has 0 saturated carbocycles. The summed E-state index contributed by atoms with van der Waals surface area (Å²) >= 11 is 0. The van der Waals surface area contributed by atoms with E-state index in [1.165, 1.54) is 0 Å². The third kappa shape index (κ3) is 4.83. The molecule has 0 saturated heterocycles. The van der Waals surface area contributed by atoms with Crippen molar-refractivity contribution in [1.82, 2.24) is 15.5 Å². The third-order valence-corrected chi connectivity index (χ3v) is 2.77. The zero-order valence-corrected chi connectivity index (χ0v) is 11.9. The summed E-state index contributed by atoms with van der Waals surface area (Å²) in [5, 5.41) is 22.2. The van der Waals surface area contributed by atoms with E-state index in [1.54, 1.807) is 12.1 Å². The molecule has 0 aromatic carbocycles. The van der Waals surface area contributed by atoms with Gasteiger partial charge in [0.25, 0.3) is 5.91 Å². The van der Waals surface area contributed by atoms with Crippen LogP contribution in [-0.2, 0) is 4.79 Å². The van der Waals surface area contributed by atoms with Gasteiger partial charge >= 0.3 is 5.97 Å². The van der Waals surface area contributed by atoms with Gasteiger partial charge in [-0.15, -0.1) is 10.2 Å². The predicted molar refractivity (Wildman–Crippen MR) is 74.5 cm³/mol. The first-order valence-corrected chi connectivity index (χ1v) is 6.54. The van der Waals surface area contributed by atoms with Crippen LogP contribution in [0.1, 0.15) is 37.7 Å². The topological polar surface area (TPSA) is 104 Å². The summed E-state index contributed by atoms with van der Waals surface area (Å²) in [5.74, 6) is -0.561. The molecule has 0 aliphatic carbocycles. The number of aromatic nitrogens is 2. The second-order valence-corrected chi connectivity index (χ2v) is 4.76. The Hall–Kier alpha value is -2.18. The van der Waals surface area contributed by atoms with Crippen LogP contribution in [-0.4, -0.2) is 39.8 Å². The molecule has 0 aliphatic heterocycles. The Morgan fingerprint density at radius 3 is 2.45 bits per heavy atom. The Labute approximate surface area is 117 Å². The highest BCUT2D eigenvalue weighted by Gasteiger charge is 2.17. The number of anilines is 1. The van der Waals surface area contributed by atoms with Gasteiger partial charge in [-0.1, -0.05) is 13.8 Å². The third-order valence-electron chi connectivity index (χ3n) is 2.77. The van der Waals surface area contributed by atoms with Gasteiger partial charge in [-0.05, 0) is 25.0 Å². The summed E-state index contributed by atoms with van der Waals surface area (Å²) in [6, 6.07) is 2.94. The summed E-state index contributed by atoms with van der Waals surface area (Å²) in [7, 11) is 0. The lowest BCUT2D eigenvalue weighted by Crippen LogP contribution is -2.29. The van der Waals surface area contributed by atoms with Crippen LogP contribution in [0.4, 0.5) is 5.82 Å². The minimum Gasteiger partial charge on any atom is -0.481 e. The monoisotopic (exact) mass is 280 g/mol. The van der Waals surface area contributed by atoms with E-state index in [4.69, 9.17) is 5.11 Å². The van der Waals surface area contributed by atoms with Crippen LogP contribution < -0.4 is 10.6 Å². The molecule has 0 bridgehead atoms. The number of hydrogen-bond donors (Lipinski definition) is 3. The number of nitrogens with zero attached hydrogens (tertiary/aromatic N) is 2. The SMILES string of the molecule is CCNC(=O)c1ccc(NC(CC(=O)O)C(C)C)nn1. The van der Waals surface area contributed by atoms with Gasteiger partial charge < -0.3 is 15.7 Å². The molecular weight excluding hydrogens is 260 g/mol. The lowest BCUT2D eigenvalue weighted by atomic mass is 10.0. The van der Waals surface area contributed by atoms with Crippen molar-refractivity contribution in [2.75, 3.05) is 11.9 Å². The van der Waals surface area contributed by atoms with Gasteiger partial charge in [0.15, 0.2) is 5.69 Å². The van der Waals surface area contributed by atoms with Crippen molar-refractivity contribution in [3.8, 4) is 0 Å². The highest BCUT2D eigenvalue weighted by atomic mass is 16.4. The van der Waals surface area contributed by atoms with Crippen molar-refractivity contribution in [2.24, 2.45) is 5.92 Å². The zero-order valence-electron chi connectivity index (χ0n) is 11.9. The number of aliphatic carboxylic acids is 1. The van der Waals surface area contributed by atoms with Crippen LogP contribution >= 0.6 is 0 Å². The molecule has 0 fully saturated rings. The highest BCUT2D eigenvalue weighted by Crippen LogP contribution is 2.13. The average molecular weight is 280 g/mol. The van der Waals surface area contributed by atoms with Crippen LogP contribution in [0.3, 0.4) is 0 Å². The van der Waals surface area contributed by atoms with E-state index in [0.29, 0.717) is 12.4 Å². The van der Waals surface area contributed by atoms with Gasteiger partial charge in [-0.2, -0.15) is 0 Å². The molecule has 20 heavy (non-hydrogen) atoms. The quantitative estimate of drug-likeness (QED) is 0.692. The first-order chi connectivity index (χ1) is 9.43. The number of rotatable bonds is 7. The van der Waals surface area contributed by atoms with E-state index in [-0.39, 0.29) is 30.0 Å². The second-order valence-electron chi connectivity index (χ2n) is 4.76. The Morgan fingerprint density at radius 2 is 2.00 bits per heavy atom. The number of amides is 1. The molecule has 1 rings (SSSR count). The maximum atomic E-state index is 11.5. The normalized spacial score (nSPS) is 12.0. The molecule has 3 N–H and O–H groups in total. The summed E-state index contributed by atoms with van der Waals surface area (Å²) in [6.45, 7) is 6.20. The maximum absolute atomic E-state index is 11.5. The lowest BCUT2D eigenvalue weighted by molar-refractivity contribution is -0.137. The number of carboxylic acid groups (broad SMARTS) is 1. The standard InChI is InChI=1S/C13H20N4O3/c1-4-14-13(20)9-5-6-11(17-16-9)15-10(8(2)3)7-12(18)19/h5-6,8,10H,4,7H2,1-3H3,(H,14,20)(H,15,17)(H,18,19). The minimum absolute atomic E-state index is 0.00256. The lowest BCUT2D eigenvalue weighted by Gasteiger charge is -2.20. The number of hydrogen-bond acceptors (Lipinski definition) is 5. The van der Waals surface area contributed by atoms with E-state index in [1.807, 2.05) is 20.8 Å².